The standard InChI is InChI=1S/C18H16O9/c1-22-12(19)6-18-9-5-11-10(25-7-26-11)4-8(9)15(27-18)13(16(20)23-2)14(18)17(21)24-3/h4-5,15H,6-7H2,1-3H3. The molecule has 2 bridgehead atoms. The van der Waals surface area contributed by atoms with Gasteiger partial charge in [-0.25, -0.2) is 9.59 Å². The van der Waals surface area contributed by atoms with Gasteiger partial charge in [0.15, 0.2) is 11.5 Å². The zero-order valence-corrected chi connectivity index (χ0v) is 14.8. The number of ether oxygens (including phenoxy) is 6. The molecule has 0 fully saturated rings. The van der Waals surface area contributed by atoms with Crippen LogP contribution in [-0.2, 0) is 38.9 Å². The fourth-order valence-corrected chi connectivity index (χ4v) is 3.81. The van der Waals surface area contributed by atoms with Crippen molar-refractivity contribution in [1.82, 2.24) is 0 Å². The molecular formula is C18H16O9. The van der Waals surface area contributed by atoms with E-state index in [1.165, 1.54) is 21.3 Å². The van der Waals surface area contributed by atoms with E-state index in [0.717, 1.165) is 0 Å². The Morgan fingerprint density at radius 2 is 1.70 bits per heavy atom. The molecule has 0 radical (unpaired) electrons. The molecular weight excluding hydrogens is 360 g/mol. The van der Waals surface area contributed by atoms with Gasteiger partial charge in [-0.15, -0.1) is 0 Å². The molecule has 142 valence electrons. The summed E-state index contributed by atoms with van der Waals surface area (Å²) in [6.07, 6.45) is -1.22. The van der Waals surface area contributed by atoms with Gasteiger partial charge < -0.3 is 28.4 Å². The molecule has 4 rings (SSSR count). The zero-order chi connectivity index (χ0) is 19.3. The maximum absolute atomic E-state index is 12.6. The van der Waals surface area contributed by atoms with E-state index in [0.29, 0.717) is 22.6 Å². The topological polar surface area (TPSA) is 107 Å². The van der Waals surface area contributed by atoms with Crippen LogP contribution in [-0.4, -0.2) is 46.0 Å². The Hall–Kier alpha value is -3.07. The summed E-state index contributed by atoms with van der Waals surface area (Å²) in [5.41, 5.74) is -0.491. The summed E-state index contributed by atoms with van der Waals surface area (Å²) in [7, 11) is 3.61. The molecule has 0 saturated heterocycles. The minimum absolute atomic E-state index is 0.000353. The van der Waals surface area contributed by atoms with Crippen molar-refractivity contribution in [3.05, 3.63) is 34.4 Å². The van der Waals surface area contributed by atoms with Crippen LogP contribution in [0.15, 0.2) is 23.3 Å². The van der Waals surface area contributed by atoms with E-state index in [4.69, 9.17) is 28.4 Å². The van der Waals surface area contributed by atoms with Gasteiger partial charge in [0.2, 0.25) is 6.79 Å². The number of hydrogen-bond donors (Lipinski definition) is 0. The van der Waals surface area contributed by atoms with Crippen LogP contribution in [0.4, 0.5) is 0 Å². The summed E-state index contributed by atoms with van der Waals surface area (Å²) < 4.78 is 31.4. The van der Waals surface area contributed by atoms with Crippen molar-refractivity contribution in [2.75, 3.05) is 28.1 Å². The van der Waals surface area contributed by atoms with E-state index in [-0.39, 0.29) is 24.4 Å². The van der Waals surface area contributed by atoms with E-state index in [1.54, 1.807) is 12.1 Å². The lowest BCUT2D eigenvalue weighted by Gasteiger charge is -2.28. The molecule has 0 spiro atoms. The first-order valence-electron chi connectivity index (χ1n) is 8.06. The first kappa shape index (κ1) is 17.3. The number of benzene rings is 1. The summed E-state index contributed by atoms with van der Waals surface area (Å²) in [5, 5.41) is 0. The second-order valence-electron chi connectivity index (χ2n) is 6.14. The SMILES string of the molecule is COC(=O)CC12OC(C(C(=O)OC)=C1C(=O)OC)c1cc3c(cc12)OCO3. The number of carbonyl (C=O) groups is 3. The summed E-state index contributed by atoms with van der Waals surface area (Å²) in [5.74, 6) is -1.20. The van der Waals surface area contributed by atoms with Gasteiger partial charge in [0.25, 0.3) is 0 Å². The molecule has 0 aromatic heterocycles. The highest BCUT2D eigenvalue weighted by Gasteiger charge is 2.62. The third-order valence-electron chi connectivity index (χ3n) is 4.93. The molecule has 0 amide bonds. The summed E-state index contributed by atoms with van der Waals surface area (Å²) in [6, 6.07) is 3.33. The fraction of sp³-hybridized carbons (Fsp3) is 0.389. The third-order valence-corrected chi connectivity index (χ3v) is 4.93. The van der Waals surface area contributed by atoms with Crippen molar-refractivity contribution in [2.24, 2.45) is 0 Å². The van der Waals surface area contributed by atoms with E-state index in [2.05, 4.69) is 0 Å². The molecule has 2 unspecified atom stereocenters. The normalized spacial score (nSPS) is 23.9. The van der Waals surface area contributed by atoms with E-state index >= 15 is 0 Å². The number of hydrogen-bond acceptors (Lipinski definition) is 9. The molecule has 0 N–H and O–H groups in total. The quantitative estimate of drug-likeness (QED) is 0.559. The lowest BCUT2D eigenvalue weighted by Crippen LogP contribution is -2.35. The van der Waals surface area contributed by atoms with Crippen LogP contribution in [0.25, 0.3) is 0 Å². The molecule has 2 atom stereocenters. The van der Waals surface area contributed by atoms with Crippen molar-refractivity contribution in [3.8, 4) is 11.5 Å². The number of esters is 3. The Morgan fingerprint density at radius 1 is 1.04 bits per heavy atom. The van der Waals surface area contributed by atoms with Gasteiger partial charge in [0.05, 0.1) is 38.9 Å². The second kappa shape index (κ2) is 5.98. The molecule has 3 aliphatic rings. The predicted octanol–water partition coefficient (Wildman–Crippen LogP) is 0.901. The molecule has 3 heterocycles. The van der Waals surface area contributed by atoms with Crippen LogP contribution in [0.5, 0.6) is 11.5 Å². The van der Waals surface area contributed by atoms with Crippen LogP contribution in [0.3, 0.4) is 0 Å². The van der Waals surface area contributed by atoms with Gasteiger partial charge in [-0.3, -0.25) is 4.79 Å². The van der Waals surface area contributed by atoms with Gasteiger partial charge >= 0.3 is 17.9 Å². The number of fused-ring (bicyclic) bond motifs is 6. The molecule has 27 heavy (non-hydrogen) atoms. The first-order chi connectivity index (χ1) is 13.0. The van der Waals surface area contributed by atoms with E-state index in [1.807, 2.05) is 0 Å². The second-order valence-corrected chi connectivity index (χ2v) is 6.14. The van der Waals surface area contributed by atoms with Gasteiger partial charge in [-0.1, -0.05) is 0 Å². The number of methoxy groups -OCH3 is 3. The Kier molecular flexibility index (Phi) is 3.84. The van der Waals surface area contributed by atoms with Crippen molar-refractivity contribution < 1.29 is 42.8 Å². The molecule has 9 heteroatoms. The number of carbonyl (C=O) groups excluding carboxylic acids is 3. The minimum atomic E-state index is -1.54. The molecule has 1 aromatic carbocycles. The van der Waals surface area contributed by atoms with Gasteiger partial charge in [-0.05, 0) is 23.3 Å². The summed E-state index contributed by atoms with van der Waals surface area (Å²) >= 11 is 0. The van der Waals surface area contributed by atoms with Crippen LogP contribution in [0, 0.1) is 0 Å². The monoisotopic (exact) mass is 376 g/mol. The van der Waals surface area contributed by atoms with Crippen molar-refractivity contribution in [2.45, 2.75) is 18.1 Å². The average molecular weight is 376 g/mol. The zero-order valence-electron chi connectivity index (χ0n) is 14.8. The third kappa shape index (κ3) is 2.24. The lowest BCUT2D eigenvalue weighted by atomic mass is 9.75. The van der Waals surface area contributed by atoms with Crippen LogP contribution >= 0.6 is 0 Å². The van der Waals surface area contributed by atoms with Crippen molar-refractivity contribution in [1.29, 1.82) is 0 Å². The smallest absolute Gasteiger partial charge is 0.337 e. The van der Waals surface area contributed by atoms with Gasteiger partial charge in [-0.2, -0.15) is 0 Å². The lowest BCUT2D eigenvalue weighted by molar-refractivity contribution is -0.148. The maximum Gasteiger partial charge on any atom is 0.337 e. The van der Waals surface area contributed by atoms with Crippen molar-refractivity contribution >= 4 is 17.9 Å². The highest BCUT2D eigenvalue weighted by Crippen LogP contribution is 2.61. The molecule has 9 nitrogen and oxygen atoms in total. The van der Waals surface area contributed by atoms with Crippen molar-refractivity contribution in [3.63, 3.8) is 0 Å². The molecule has 0 aliphatic carbocycles. The predicted molar refractivity (Wildman–Crippen MR) is 85.8 cm³/mol. The van der Waals surface area contributed by atoms with Gasteiger partial charge in [0.1, 0.15) is 11.7 Å². The Bertz CT molecular complexity index is 900. The average Bonchev–Trinajstić information content (AvgIpc) is 3.35. The van der Waals surface area contributed by atoms with Crippen LogP contribution in [0.2, 0.25) is 0 Å². The largest absolute Gasteiger partial charge is 0.469 e. The highest BCUT2D eigenvalue weighted by atomic mass is 16.7. The highest BCUT2D eigenvalue weighted by molar-refractivity contribution is 6.05. The van der Waals surface area contributed by atoms with Gasteiger partial charge in [0, 0.05) is 0 Å². The van der Waals surface area contributed by atoms with E-state index in [9.17, 15) is 14.4 Å². The molecule has 1 aromatic rings. The Balaban J connectivity index is 1.97. The Labute approximate surface area is 153 Å². The van der Waals surface area contributed by atoms with Crippen LogP contribution in [0.1, 0.15) is 23.7 Å². The summed E-state index contributed by atoms with van der Waals surface area (Å²) in [4.78, 5) is 37.2. The number of rotatable bonds is 4. The maximum atomic E-state index is 12.6. The molecule has 3 aliphatic heterocycles. The fourth-order valence-electron chi connectivity index (χ4n) is 3.81. The molecule has 0 saturated carbocycles. The Morgan fingerprint density at radius 3 is 2.33 bits per heavy atom. The van der Waals surface area contributed by atoms with E-state index < -0.39 is 29.6 Å². The first-order valence-corrected chi connectivity index (χ1v) is 8.06. The summed E-state index contributed by atoms with van der Waals surface area (Å²) in [6.45, 7) is 0.0505. The minimum Gasteiger partial charge on any atom is -0.469 e. The van der Waals surface area contributed by atoms with Crippen LogP contribution < -0.4 is 9.47 Å².